The van der Waals surface area contributed by atoms with Gasteiger partial charge in [0.05, 0.1) is 26.4 Å². The molecule has 1 aromatic carbocycles. The van der Waals surface area contributed by atoms with Crippen LogP contribution in [0.2, 0.25) is 0 Å². The molecule has 12 heteroatoms. The molecule has 0 aromatic heterocycles. The van der Waals surface area contributed by atoms with Gasteiger partial charge in [0.2, 0.25) is 0 Å². The summed E-state index contributed by atoms with van der Waals surface area (Å²) in [5, 5.41) is 9.75. The van der Waals surface area contributed by atoms with Crippen LogP contribution in [-0.2, 0) is 36.5 Å². The molecule has 2 unspecified atom stereocenters. The highest BCUT2D eigenvalue weighted by Gasteiger charge is 2.32. The summed E-state index contributed by atoms with van der Waals surface area (Å²) in [5.41, 5.74) is -0.0551. The lowest BCUT2D eigenvalue weighted by Crippen LogP contribution is -2.27. The molecule has 166 valence electrons. The molecule has 0 amide bonds. The van der Waals surface area contributed by atoms with Crippen LogP contribution in [0.3, 0.4) is 0 Å². The lowest BCUT2D eigenvalue weighted by molar-refractivity contribution is 0.00121. The molecule has 1 rings (SSSR count). The first-order valence-corrected chi connectivity index (χ1v) is 12.5. The van der Waals surface area contributed by atoms with Gasteiger partial charge in [0.15, 0.2) is 0 Å². The van der Waals surface area contributed by atoms with Crippen molar-refractivity contribution < 1.29 is 46.4 Å². The Labute approximate surface area is 170 Å². The Morgan fingerprint density at radius 1 is 0.966 bits per heavy atom. The minimum atomic E-state index is -3.97. The molecule has 0 saturated heterocycles. The van der Waals surface area contributed by atoms with Crippen molar-refractivity contribution in [2.75, 3.05) is 39.7 Å². The molecule has 0 aliphatic heterocycles. The van der Waals surface area contributed by atoms with Gasteiger partial charge < -0.3 is 18.9 Å². The maximum absolute atomic E-state index is 12.6. The zero-order valence-electron chi connectivity index (χ0n) is 16.9. The second-order valence-electron chi connectivity index (χ2n) is 5.61. The van der Waals surface area contributed by atoms with Crippen LogP contribution < -0.4 is 0 Å². The van der Waals surface area contributed by atoms with E-state index in [0.717, 1.165) is 0 Å². The summed E-state index contributed by atoms with van der Waals surface area (Å²) in [6.45, 7) is 5.60. The van der Waals surface area contributed by atoms with E-state index in [-0.39, 0.29) is 37.7 Å². The number of ether oxygens (including phenoxy) is 1. The van der Waals surface area contributed by atoms with E-state index in [0.29, 0.717) is 0 Å². The van der Waals surface area contributed by atoms with Crippen LogP contribution >= 0.6 is 15.4 Å². The Hall–Kier alpha value is -1.25. The Balaban J connectivity index is 2.88. The van der Waals surface area contributed by atoms with Gasteiger partial charge in [-0.05, 0) is 32.9 Å². The quantitative estimate of drug-likeness (QED) is 0.326. The van der Waals surface area contributed by atoms with Crippen molar-refractivity contribution in [2.24, 2.45) is 0 Å². The topological polar surface area (TPSA) is 127 Å². The van der Waals surface area contributed by atoms with Crippen LogP contribution in [-0.4, -0.2) is 56.9 Å². The number of hydrogen-bond acceptors (Lipinski definition) is 10. The Morgan fingerprint density at radius 2 is 1.55 bits per heavy atom. The van der Waals surface area contributed by atoms with Crippen LogP contribution in [0.25, 0.3) is 0 Å². The highest BCUT2D eigenvalue weighted by Crippen LogP contribution is 2.51. The first kappa shape index (κ1) is 25.8. The van der Waals surface area contributed by atoms with Crippen molar-refractivity contribution in [3.05, 3.63) is 29.8 Å². The van der Waals surface area contributed by atoms with Gasteiger partial charge in [0, 0.05) is 6.66 Å². The number of benzene rings is 1. The zero-order valence-corrected chi connectivity index (χ0v) is 18.7. The molecule has 29 heavy (non-hydrogen) atoms. The number of para-hydroxylation sites is 1. The summed E-state index contributed by atoms with van der Waals surface area (Å²) in [6, 6.07) is 5.83. The fourth-order valence-electron chi connectivity index (χ4n) is 2.09. The SMILES string of the molecule is CCOP(C)(=O)OCC(COC(=O)c1ccccc1O)OP(=O)(OCC)OCC. The number of aromatic hydroxyl groups is 1. The second kappa shape index (κ2) is 12.4. The maximum atomic E-state index is 12.6. The van der Waals surface area contributed by atoms with Gasteiger partial charge in [-0.3, -0.25) is 18.1 Å². The first-order valence-electron chi connectivity index (χ1n) is 9.05. The minimum Gasteiger partial charge on any atom is -0.507 e. The largest absolute Gasteiger partial charge is 0.507 e. The molecule has 10 nitrogen and oxygen atoms in total. The average molecular weight is 454 g/mol. The minimum absolute atomic E-state index is 0.0494. The third kappa shape index (κ3) is 9.40. The molecule has 0 aliphatic rings. The molecule has 0 bridgehead atoms. The highest BCUT2D eigenvalue weighted by atomic mass is 31.2. The zero-order chi connectivity index (χ0) is 21.9. The average Bonchev–Trinajstić information content (AvgIpc) is 2.64. The predicted molar refractivity (Wildman–Crippen MR) is 105 cm³/mol. The van der Waals surface area contributed by atoms with Gasteiger partial charge in [-0.1, -0.05) is 12.1 Å². The summed E-state index contributed by atoms with van der Waals surface area (Å²) in [7, 11) is -7.35. The lowest BCUT2D eigenvalue weighted by atomic mass is 10.2. The van der Waals surface area contributed by atoms with E-state index in [9.17, 15) is 19.0 Å². The van der Waals surface area contributed by atoms with Crippen LogP contribution in [0, 0.1) is 0 Å². The van der Waals surface area contributed by atoms with Gasteiger partial charge >= 0.3 is 21.4 Å². The van der Waals surface area contributed by atoms with E-state index in [2.05, 4.69) is 0 Å². The van der Waals surface area contributed by atoms with Crippen LogP contribution in [0.5, 0.6) is 5.75 Å². The molecule has 0 radical (unpaired) electrons. The van der Waals surface area contributed by atoms with Crippen molar-refractivity contribution >= 4 is 21.4 Å². The van der Waals surface area contributed by atoms with Gasteiger partial charge in [-0.15, -0.1) is 0 Å². The number of phenolic OH excluding ortho intramolecular Hbond substituents is 1. The lowest BCUT2D eigenvalue weighted by Gasteiger charge is -2.24. The fraction of sp³-hybridized carbons (Fsp3) is 0.588. The summed E-state index contributed by atoms with van der Waals surface area (Å²) >= 11 is 0. The van der Waals surface area contributed by atoms with Crippen molar-refractivity contribution in [3.63, 3.8) is 0 Å². The molecule has 1 N–H and O–H groups in total. The summed E-state index contributed by atoms with van der Waals surface area (Å²) in [4.78, 5) is 12.2. The van der Waals surface area contributed by atoms with E-state index in [1.807, 2.05) is 0 Å². The molecule has 0 heterocycles. The molecular weight excluding hydrogens is 426 g/mol. The Bertz CT molecular complexity index is 729. The molecule has 1 aromatic rings. The number of phosphoric acid groups is 1. The Morgan fingerprint density at radius 3 is 2.10 bits per heavy atom. The molecular formula is C17H28O10P2. The van der Waals surface area contributed by atoms with Crippen molar-refractivity contribution in [1.29, 1.82) is 0 Å². The molecule has 0 aliphatic carbocycles. The highest BCUT2D eigenvalue weighted by molar-refractivity contribution is 7.53. The van der Waals surface area contributed by atoms with E-state index in [4.69, 9.17) is 27.4 Å². The third-order valence-electron chi connectivity index (χ3n) is 3.24. The smallest absolute Gasteiger partial charge is 0.475 e. The summed E-state index contributed by atoms with van der Waals surface area (Å²) in [5.74, 6) is -1.08. The van der Waals surface area contributed by atoms with Gasteiger partial charge in [0.25, 0.3) is 0 Å². The molecule has 0 fully saturated rings. The summed E-state index contributed by atoms with van der Waals surface area (Å²) in [6.07, 6.45) is -1.14. The number of phenols is 1. The van der Waals surface area contributed by atoms with Crippen molar-refractivity contribution in [2.45, 2.75) is 26.9 Å². The van der Waals surface area contributed by atoms with Gasteiger partial charge in [0.1, 0.15) is 24.0 Å². The fourth-order valence-corrected chi connectivity index (χ4v) is 4.39. The predicted octanol–water partition coefficient (Wildman–Crippen LogP) is 3.99. The van der Waals surface area contributed by atoms with Gasteiger partial charge in [-0.25, -0.2) is 9.36 Å². The van der Waals surface area contributed by atoms with E-state index >= 15 is 0 Å². The number of hydrogen-bond donors (Lipinski definition) is 1. The molecule has 2 atom stereocenters. The maximum Gasteiger partial charge on any atom is 0.475 e. The number of esters is 1. The Kier molecular flexibility index (Phi) is 11.1. The number of carbonyl (C=O) groups is 1. The van der Waals surface area contributed by atoms with E-state index < -0.39 is 34.1 Å². The third-order valence-corrected chi connectivity index (χ3v) is 6.29. The van der Waals surface area contributed by atoms with Crippen molar-refractivity contribution in [1.82, 2.24) is 0 Å². The summed E-state index contributed by atoms with van der Waals surface area (Å²) < 4.78 is 55.7. The molecule has 0 spiro atoms. The van der Waals surface area contributed by atoms with Crippen LogP contribution in [0.15, 0.2) is 24.3 Å². The number of rotatable bonds is 14. The second-order valence-corrected chi connectivity index (χ2v) is 9.29. The molecule has 0 saturated carbocycles. The van der Waals surface area contributed by atoms with Crippen molar-refractivity contribution in [3.8, 4) is 5.75 Å². The normalized spacial score (nSPS) is 14.9. The van der Waals surface area contributed by atoms with E-state index in [1.54, 1.807) is 32.9 Å². The van der Waals surface area contributed by atoms with Crippen LogP contribution in [0.4, 0.5) is 0 Å². The number of phosphoric ester groups is 1. The monoisotopic (exact) mass is 454 g/mol. The standard InChI is InChI=1S/C17H28O10P2/c1-5-23-28(4,20)26-13-14(27-29(21,24-6-2)25-7-3)12-22-17(19)15-10-8-9-11-16(15)18/h8-11,14,18H,5-7,12-13H2,1-4H3. The van der Waals surface area contributed by atoms with E-state index in [1.165, 1.54) is 18.8 Å². The van der Waals surface area contributed by atoms with Crippen LogP contribution in [0.1, 0.15) is 31.1 Å². The van der Waals surface area contributed by atoms with Gasteiger partial charge in [-0.2, -0.15) is 0 Å². The first-order chi connectivity index (χ1) is 13.7. The number of carbonyl (C=O) groups excluding carboxylic acids is 1.